The number of nitrogens with one attached hydrogen (secondary N) is 1. The average molecular weight is 291 g/mol. The van der Waals surface area contributed by atoms with Crippen LogP contribution in [0.5, 0.6) is 5.75 Å². The van der Waals surface area contributed by atoms with Crippen molar-refractivity contribution in [2.24, 2.45) is 5.92 Å². The zero-order chi connectivity index (χ0) is 14.7. The maximum atomic E-state index is 13.4. The zero-order valence-electron chi connectivity index (χ0n) is 11.9. The lowest BCUT2D eigenvalue weighted by molar-refractivity contribution is 0.359. The fourth-order valence-electron chi connectivity index (χ4n) is 2.60. The molecule has 1 N–H and O–H groups in total. The van der Waals surface area contributed by atoms with Gasteiger partial charge in [-0.15, -0.1) is 0 Å². The standard InChI is InChI=1S/C15H18FN3O2/c1-20-13-8-11(4-5-12(13)16)15-18-14(19-21-15)7-10-3-2-6-17-9-10/h4-5,8,10,17H,2-3,6-7,9H2,1H3. The summed E-state index contributed by atoms with van der Waals surface area (Å²) in [4.78, 5) is 4.40. The van der Waals surface area contributed by atoms with E-state index in [1.165, 1.54) is 26.0 Å². The highest BCUT2D eigenvalue weighted by Gasteiger charge is 2.18. The molecule has 1 atom stereocenters. The smallest absolute Gasteiger partial charge is 0.258 e. The fraction of sp³-hybridized carbons (Fsp3) is 0.467. The molecule has 1 aliphatic heterocycles. The van der Waals surface area contributed by atoms with Crippen LogP contribution in [0.2, 0.25) is 0 Å². The highest BCUT2D eigenvalue weighted by molar-refractivity contribution is 5.55. The van der Waals surface area contributed by atoms with E-state index in [0.29, 0.717) is 23.2 Å². The average Bonchev–Trinajstić information content (AvgIpc) is 2.97. The maximum Gasteiger partial charge on any atom is 0.258 e. The van der Waals surface area contributed by atoms with Crippen molar-refractivity contribution in [2.45, 2.75) is 19.3 Å². The number of methoxy groups -OCH3 is 1. The molecule has 2 heterocycles. The Bertz CT molecular complexity index is 609. The third-order valence-electron chi connectivity index (χ3n) is 3.74. The molecule has 1 unspecified atom stereocenters. The molecule has 1 aromatic carbocycles. The number of hydrogen-bond acceptors (Lipinski definition) is 5. The Morgan fingerprint density at radius 3 is 3.14 bits per heavy atom. The summed E-state index contributed by atoms with van der Waals surface area (Å²) < 4.78 is 23.6. The first-order valence-corrected chi connectivity index (χ1v) is 7.13. The first-order chi connectivity index (χ1) is 10.3. The summed E-state index contributed by atoms with van der Waals surface area (Å²) in [7, 11) is 1.43. The molecule has 0 bridgehead atoms. The lowest BCUT2D eigenvalue weighted by Crippen LogP contribution is -2.31. The molecule has 6 heteroatoms. The summed E-state index contributed by atoms with van der Waals surface area (Å²) in [5.41, 5.74) is 0.661. The van der Waals surface area contributed by atoms with Crippen LogP contribution in [0.25, 0.3) is 11.5 Å². The molecular weight excluding hydrogens is 273 g/mol. The van der Waals surface area contributed by atoms with Gasteiger partial charge in [0.1, 0.15) is 0 Å². The number of rotatable bonds is 4. The lowest BCUT2D eigenvalue weighted by atomic mass is 9.96. The van der Waals surface area contributed by atoms with Crippen molar-refractivity contribution in [2.75, 3.05) is 20.2 Å². The van der Waals surface area contributed by atoms with Crippen LogP contribution >= 0.6 is 0 Å². The molecule has 0 amide bonds. The molecule has 0 saturated carbocycles. The highest BCUT2D eigenvalue weighted by atomic mass is 19.1. The third kappa shape index (κ3) is 3.21. The van der Waals surface area contributed by atoms with Gasteiger partial charge in [0.05, 0.1) is 7.11 Å². The van der Waals surface area contributed by atoms with Crippen LogP contribution in [0.4, 0.5) is 4.39 Å². The number of benzene rings is 1. The molecular formula is C15H18FN3O2. The normalized spacial score (nSPS) is 18.7. The third-order valence-corrected chi connectivity index (χ3v) is 3.74. The first kappa shape index (κ1) is 14.0. The van der Waals surface area contributed by atoms with Crippen LogP contribution in [0.15, 0.2) is 22.7 Å². The Morgan fingerprint density at radius 2 is 2.38 bits per heavy atom. The summed E-state index contributed by atoms with van der Waals surface area (Å²) in [5.74, 6) is 1.40. The van der Waals surface area contributed by atoms with Gasteiger partial charge in [0.25, 0.3) is 5.89 Å². The molecule has 112 valence electrons. The van der Waals surface area contributed by atoms with Crippen molar-refractivity contribution >= 4 is 0 Å². The monoisotopic (exact) mass is 291 g/mol. The van der Waals surface area contributed by atoms with Gasteiger partial charge >= 0.3 is 0 Å². The Morgan fingerprint density at radius 1 is 1.48 bits per heavy atom. The van der Waals surface area contributed by atoms with Crippen molar-refractivity contribution in [3.05, 3.63) is 29.8 Å². The van der Waals surface area contributed by atoms with Gasteiger partial charge in [-0.25, -0.2) is 4.39 Å². The largest absolute Gasteiger partial charge is 0.494 e. The fourth-order valence-corrected chi connectivity index (χ4v) is 2.60. The summed E-state index contributed by atoms with van der Waals surface area (Å²) in [6, 6.07) is 4.51. The van der Waals surface area contributed by atoms with Crippen LogP contribution in [-0.2, 0) is 6.42 Å². The number of hydrogen-bond donors (Lipinski definition) is 1. The SMILES string of the molecule is COc1cc(-c2nc(CC3CCCNC3)no2)ccc1F. The Labute approximate surface area is 122 Å². The lowest BCUT2D eigenvalue weighted by Gasteiger charge is -2.20. The molecule has 2 aromatic rings. The van der Waals surface area contributed by atoms with Crippen molar-refractivity contribution in [1.82, 2.24) is 15.5 Å². The molecule has 0 aliphatic carbocycles. The second kappa shape index (κ2) is 6.22. The van der Waals surface area contributed by atoms with Crippen LogP contribution < -0.4 is 10.1 Å². The van der Waals surface area contributed by atoms with Gasteiger partial charge in [0.15, 0.2) is 17.4 Å². The van der Waals surface area contributed by atoms with E-state index >= 15 is 0 Å². The van der Waals surface area contributed by atoms with Crippen LogP contribution in [0.1, 0.15) is 18.7 Å². The van der Waals surface area contributed by atoms with E-state index in [2.05, 4.69) is 15.5 Å². The van der Waals surface area contributed by atoms with E-state index in [1.807, 2.05) is 0 Å². The van der Waals surface area contributed by atoms with Crippen molar-refractivity contribution in [1.29, 1.82) is 0 Å². The van der Waals surface area contributed by atoms with E-state index in [0.717, 1.165) is 19.5 Å². The predicted octanol–water partition coefficient (Wildman–Crippen LogP) is 2.43. The molecule has 21 heavy (non-hydrogen) atoms. The second-order valence-electron chi connectivity index (χ2n) is 5.28. The number of aromatic nitrogens is 2. The van der Waals surface area contributed by atoms with Gasteiger partial charge in [0, 0.05) is 12.0 Å². The minimum Gasteiger partial charge on any atom is -0.494 e. The van der Waals surface area contributed by atoms with Crippen LogP contribution in [0.3, 0.4) is 0 Å². The van der Waals surface area contributed by atoms with Crippen LogP contribution in [0, 0.1) is 11.7 Å². The van der Waals surface area contributed by atoms with Gasteiger partial charge in [-0.05, 0) is 50.0 Å². The molecule has 0 spiro atoms. The molecule has 0 radical (unpaired) electrons. The van der Waals surface area contributed by atoms with Gasteiger partial charge in [0.2, 0.25) is 0 Å². The number of nitrogens with zero attached hydrogens (tertiary/aromatic N) is 2. The van der Waals surface area contributed by atoms with E-state index in [4.69, 9.17) is 9.26 Å². The van der Waals surface area contributed by atoms with E-state index < -0.39 is 5.82 Å². The molecule has 1 aromatic heterocycles. The quantitative estimate of drug-likeness (QED) is 0.937. The van der Waals surface area contributed by atoms with Gasteiger partial charge in [-0.3, -0.25) is 0 Å². The minimum atomic E-state index is -0.408. The Balaban J connectivity index is 1.74. The summed E-state index contributed by atoms with van der Waals surface area (Å²) in [6.07, 6.45) is 3.17. The minimum absolute atomic E-state index is 0.170. The zero-order valence-corrected chi connectivity index (χ0v) is 11.9. The van der Waals surface area contributed by atoms with E-state index in [-0.39, 0.29) is 5.75 Å². The molecule has 3 rings (SSSR count). The van der Waals surface area contributed by atoms with Crippen molar-refractivity contribution in [3.63, 3.8) is 0 Å². The van der Waals surface area contributed by atoms with E-state index in [1.54, 1.807) is 12.1 Å². The van der Waals surface area contributed by atoms with Gasteiger partial charge in [-0.2, -0.15) is 4.98 Å². The Kier molecular flexibility index (Phi) is 4.15. The van der Waals surface area contributed by atoms with Crippen molar-refractivity contribution in [3.8, 4) is 17.2 Å². The summed E-state index contributed by atoms with van der Waals surface area (Å²) in [5, 5.41) is 7.39. The molecule has 1 aliphatic rings. The Hall–Kier alpha value is -1.95. The first-order valence-electron chi connectivity index (χ1n) is 7.13. The second-order valence-corrected chi connectivity index (χ2v) is 5.28. The predicted molar refractivity (Wildman–Crippen MR) is 75.5 cm³/mol. The number of halogens is 1. The van der Waals surface area contributed by atoms with Crippen molar-refractivity contribution < 1.29 is 13.7 Å². The topological polar surface area (TPSA) is 60.2 Å². The highest BCUT2D eigenvalue weighted by Crippen LogP contribution is 2.25. The molecule has 1 saturated heterocycles. The van der Waals surface area contributed by atoms with Crippen LogP contribution in [-0.4, -0.2) is 30.3 Å². The molecule has 5 nitrogen and oxygen atoms in total. The summed E-state index contributed by atoms with van der Waals surface area (Å²) in [6.45, 7) is 2.08. The van der Waals surface area contributed by atoms with E-state index in [9.17, 15) is 4.39 Å². The van der Waals surface area contributed by atoms with Gasteiger partial charge < -0.3 is 14.6 Å². The molecule has 1 fully saturated rings. The number of ether oxygens (including phenoxy) is 1. The van der Waals surface area contributed by atoms with Gasteiger partial charge in [-0.1, -0.05) is 5.16 Å². The summed E-state index contributed by atoms with van der Waals surface area (Å²) >= 11 is 0. The maximum absolute atomic E-state index is 13.4. The number of piperidine rings is 1.